The smallest absolute Gasteiger partial charge is 0.0679 e. The molecule has 1 aliphatic carbocycles. The second kappa shape index (κ2) is 14.4. The van der Waals surface area contributed by atoms with E-state index in [1.54, 1.807) is 0 Å². The summed E-state index contributed by atoms with van der Waals surface area (Å²) in [5.74, 6) is 0. The molecular weight excluding hydrogens is 352 g/mol. The third-order valence-corrected chi connectivity index (χ3v) is 5.74. The molecule has 2 rings (SSSR count). The summed E-state index contributed by atoms with van der Waals surface area (Å²) in [6.07, 6.45) is 25.1. The molecule has 1 atom stereocenters. The number of hydrazine groups is 1. The van der Waals surface area contributed by atoms with E-state index in [2.05, 4.69) is 91.7 Å². The van der Waals surface area contributed by atoms with Gasteiger partial charge in [-0.1, -0.05) is 119 Å². The standard InChI is InChI=1S/C27H42N2/c1-4-5-6-7-8-9-10-11-12-18-23-29(28(2)3)27-22-17-16-21-26(27)24-25-19-14-13-15-20-25/h13-17,19-22,24,27H,4-12,18,23H2,1-3H3. The van der Waals surface area contributed by atoms with Crippen molar-refractivity contribution in [2.45, 2.75) is 77.2 Å². The van der Waals surface area contributed by atoms with Crippen LogP contribution in [0.3, 0.4) is 0 Å². The number of rotatable bonds is 14. The zero-order valence-corrected chi connectivity index (χ0v) is 19.0. The summed E-state index contributed by atoms with van der Waals surface area (Å²) in [6.45, 7) is 3.40. The first-order valence-electron chi connectivity index (χ1n) is 11.8. The lowest BCUT2D eigenvalue weighted by Gasteiger charge is -2.36. The third kappa shape index (κ3) is 9.14. The first kappa shape index (κ1) is 23.6. The molecule has 0 radical (unpaired) electrons. The van der Waals surface area contributed by atoms with Crippen LogP contribution in [0.1, 0.15) is 76.7 Å². The van der Waals surface area contributed by atoms with Gasteiger partial charge < -0.3 is 0 Å². The maximum Gasteiger partial charge on any atom is 0.0679 e. The Balaban J connectivity index is 1.78. The zero-order valence-electron chi connectivity index (χ0n) is 19.0. The molecular formula is C27H42N2. The quantitative estimate of drug-likeness (QED) is 0.242. The number of hydrogen-bond acceptors (Lipinski definition) is 2. The molecule has 0 spiro atoms. The summed E-state index contributed by atoms with van der Waals surface area (Å²) >= 11 is 0. The van der Waals surface area contributed by atoms with E-state index in [0.29, 0.717) is 6.04 Å². The zero-order chi connectivity index (χ0) is 20.7. The first-order valence-corrected chi connectivity index (χ1v) is 11.8. The molecule has 0 saturated carbocycles. The first-order chi connectivity index (χ1) is 14.2. The van der Waals surface area contributed by atoms with Crippen LogP contribution >= 0.6 is 0 Å². The van der Waals surface area contributed by atoms with Gasteiger partial charge in [0, 0.05) is 20.6 Å². The average molecular weight is 395 g/mol. The van der Waals surface area contributed by atoms with Gasteiger partial charge in [-0.2, -0.15) is 0 Å². The second-order valence-electron chi connectivity index (χ2n) is 8.44. The van der Waals surface area contributed by atoms with Crippen molar-refractivity contribution in [3.8, 4) is 0 Å². The number of unbranched alkanes of at least 4 members (excludes halogenated alkanes) is 9. The van der Waals surface area contributed by atoms with Crippen LogP contribution in [0, 0.1) is 0 Å². The Morgan fingerprint density at radius 1 is 0.793 bits per heavy atom. The van der Waals surface area contributed by atoms with Crippen molar-refractivity contribution in [3.05, 3.63) is 65.8 Å². The monoisotopic (exact) mass is 394 g/mol. The van der Waals surface area contributed by atoms with Gasteiger partial charge >= 0.3 is 0 Å². The van der Waals surface area contributed by atoms with E-state index in [4.69, 9.17) is 0 Å². The lowest BCUT2D eigenvalue weighted by Crippen LogP contribution is -2.45. The molecule has 0 aliphatic heterocycles. The van der Waals surface area contributed by atoms with E-state index in [-0.39, 0.29) is 0 Å². The molecule has 2 heteroatoms. The van der Waals surface area contributed by atoms with Crippen molar-refractivity contribution in [3.63, 3.8) is 0 Å². The largest absolute Gasteiger partial charge is 0.247 e. The van der Waals surface area contributed by atoms with E-state index < -0.39 is 0 Å². The highest BCUT2D eigenvalue weighted by molar-refractivity contribution is 5.59. The molecule has 0 heterocycles. The normalized spacial score (nSPS) is 17.7. The van der Waals surface area contributed by atoms with E-state index in [1.165, 1.54) is 75.3 Å². The van der Waals surface area contributed by atoms with Gasteiger partial charge in [0.25, 0.3) is 0 Å². The molecule has 0 bridgehead atoms. The Morgan fingerprint density at radius 2 is 1.41 bits per heavy atom. The van der Waals surface area contributed by atoms with Crippen molar-refractivity contribution < 1.29 is 0 Å². The van der Waals surface area contributed by atoms with Gasteiger partial charge in [0.15, 0.2) is 0 Å². The van der Waals surface area contributed by atoms with Gasteiger partial charge in [-0.25, -0.2) is 10.0 Å². The van der Waals surface area contributed by atoms with Crippen LogP contribution in [0.2, 0.25) is 0 Å². The second-order valence-corrected chi connectivity index (χ2v) is 8.44. The fourth-order valence-electron chi connectivity index (χ4n) is 4.04. The topological polar surface area (TPSA) is 6.48 Å². The summed E-state index contributed by atoms with van der Waals surface area (Å²) in [6, 6.07) is 11.0. The van der Waals surface area contributed by atoms with Gasteiger partial charge in [0.1, 0.15) is 0 Å². The van der Waals surface area contributed by atoms with Gasteiger partial charge in [-0.3, -0.25) is 0 Å². The molecule has 0 N–H and O–H groups in total. The molecule has 160 valence electrons. The molecule has 0 fully saturated rings. The van der Waals surface area contributed by atoms with Crippen LogP contribution in [-0.2, 0) is 0 Å². The highest BCUT2D eigenvalue weighted by Crippen LogP contribution is 2.22. The highest BCUT2D eigenvalue weighted by atomic mass is 15.6. The van der Waals surface area contributed by atoms with Crippen molar-refractivity contribution in [1.82, 2.24) is 10.0 Å². The minimum Gasteiger partial charge on any atom is -0.247 e. The van der Waals surface area contributed by atoms with Crippen molar-refractivity contribution >= 4 is 6.08 Å². The Labute approximate surface area is 180 Å². The average Bonchev–Trinajstić information content (AvgIpc) is 2.73. The molecule has 2 nitrogen and oxygen atoms in total. The highest BCUT2D eigenvalue weighted by Gasteiger charge is 2.21. The SMILES string of the molecule is CCCCCCCCCCCCN(C1C=CC=CC1=Cc1ccccc1)N(C)C. The Kier molecular flexibility index (Phi) is 11.7. The molecule has 1 aromatic rings. The van der Waals surface area contributed by atoms with Gasteiger partial charge in [-0.05, 0) is 23.6 Å². The molecule has 0 amide bonds. The number of allylic oxidation sites excluding steroid dienone is 2. The minimum atomic E-state index is 0.314. The van der Waals surface area contributed by atoms with Crippen molar-refractivity contribution in [2.75, 3.05) is 20.6 Å². The summed E-state index contributed by atoms with van der Waals surface area (Å²) in [7, 11) is 4.34. The van der Waals surface area contributed by atoms with Gasteiger partial charge in [0.2, 0.25) is 0 Å². The van der Waals surface area contributed by atoms with Crippen LogP contribution in [0.25, 0.3) is 6.08 Å². The predicted octanol–water partition coefficient (Wildman–Crippen LogP) is 7.26. The molecule has 1 aliphatic rings. The summed E-state index contributed by atoms with van der Waals surface area (Å²) < 4.78 is 0. The molecule has 29 heavy (non-hydrogen) atoms. The summed E-state index contributed by atoms with van der Waals surface area (Å²) in [4.78, 5) is 0. The molecule has 1 unspecified atom stereocenters. The van der Waals surface area contributed by atoms with Crippen LogP contribution in [0.5, 0.6) is 0 Å². The van der Waals surface area contributed by atoms with Crippen LogP contribution in [0.4, 0.5) is 0 Å². The minimum absolute atomic E-state index is 0.314. The lowest BCUT2D eigenvalue weighted by atomic mass is 9.98. The number of nitrogens with zero attached hydrogens (tertiary/aromatic N) is 2. The Morgan fingerprint density at radius 3 is 2.03 bits per heavy atom. The molecule has 1 aromatic carbocycles. The van der Waals surface area contributed by atoms with E-state index in [1.807, 2.05) is 0 Å². The summed E-state index contributed by atoms with van der Waals surface area (Å²) in [5, 5.41) is 4.76. The van der Waals surface area contributed by atoms with E-state index in [0.717, 1.165) is 6.54 Å². The van der Waals surface area contributed by atoms with E-state index >= 15 is 0 Å². The Bertz CT molecular complexity index is 627. The van der Waals surface area contributed by atoms with Gasteiger partial charge in [0.05, 0.1) is 6.04 Å². The maximum atomic E-state index is 2.50. The lowest BCUT2D eigenvalue weighted by molar-refractivity contribution is 0.00963. The van der Waals surface area contributed by atoms with Crippen molar-refractivity contribution in [1.29, 1.82) is 0 Å². The van der Waals surface area contributed by atoms with Gasteiger partial charge in [-0.15, -0.1) is 0 Å². The van der Waals surface area contributed by atoms with E-state index in [9.17, 15) is 0 Å². The fraction of sp³-hybridized carbons (Fsp3) is 0.556. The number of hydrogen-bond donors (Lipinski definition) is 0. The van der Waals surface area contributed by atoms with Crippen LogP contribution in [-0.4, -0.2) is 36.7 Å². The predicted molar refractivity (Wildman–Crippen MR) is 129 cm³/mol. The molecule has 0 saturated heterocycles. The maximum absolute atomic E-state index is 2.50. The van der Waals surface area contributed by atoms with Crippen molar-refractivity contribution in [2.24, 2.45) is 0 Å². The fourth-order valence-corrected chi connectivity index (χ4v) is 4.04. The number of benzene rings is 1. The molecule has 0 aromatic heterocycles. The van der Waals surface area contributed by atoms with Crippen LogP contribution < -0.4 is 0 Å². The third-order valence-electron chi connectivity index (χ3n) is 5.74. The van der Waals surface area contributed by atoms with Crippen LogP contribution in [0.15, 0.2) is 60.2 Å². The Hall–Kier alpha value is -1.64. The summed E-state index contributed by atoms with van der Waals surface area (Å²) in [5.41, 5.74) is 2.63.